The molecule has 2 aliphatic carbocycles. The monoisotopic (exact) mass is 633 g/mol. The van der Waals surface area contributed by atoms with Crippen molar-refractivity contribution in [3.8, 4) is 0 Å². The molecule has 238 valence electrons. The number of aromatic nitrogens is 4. The molecule has 45 heavy (non-hydrogen) atoms. The quantitative estimate of drug-likeness (QED) is 0.269. The standard InChI is InChI=1S/C34H41ClFN7O2/c1-32(2,3)24-9-13-34(14-10-24)38-29(23-17-25(35)19-26(36)18-23)31(45)43(34)27(11-12-33(4)15-16-33)21-5-7-22(8-6-21)30(44)37-20-28-39-41-42-40-28/h5-8,17-19,24,27H,9-16,20H2,1-4H3,(H,37,44)(H,39,40,41,42). The van der Waals surface area contributed by atoms with Crippen LogP contribution in [0.4, 0.5) is 4.39 Å². The second-order valence-electron chi connectivity index (χ2n) is 14.4. The molecule has 2 fully saturated rings. The van der Waals surface area contributed by atoms with Gasteiger partial charge in [0.05, 0.1) is 12.6 Å². The van der Waals surface area contributed by atoms with Gasteiger partial charge in [-0.05, 0) is 104 Å². The number of H-pyrrole nitrogens is 1. The number of hydrogen-bond donors (Lipinski definition) is 2. The van der Waals surface area contributed by atoms with E-state index in [1.807, 2.05) is 17.0 Å². The number of nitrogens with zero attached hydrogens (tertiary/aromatic N) is 5. The summed E-state index contributed by atoms with van der Waals surface area (Å²) < 4.78 is 14.5. The third kappa shape index (κ3) is 6.66. The number of benzene rings is 2. The van der Waals surface area contributed by atoms with E-state index < -0.39 is 11.5 Å². The molecule has 2 aromatic carbocycles. The minimum absolute atomic E-state index is 0.151. The lowest BCUT2D eigenvalue weighted by molar-refractivity contribution is -0.134. The summed E-state index contributed by atoms with van der Waals surface area (Å²) in [5.41, 5.74) is 1.81. The van der Waals surface area contributed by atoms with E-state index in [4.69, 9.17) is 16.6 Å². The number of hydrogen-bond acceptors (Lipinski definition) is 6. The highest BCUT2D eigenvalue weighted by Gasteiger charge is 2.53. The fourth-order valence-electron chi connectivity index (χ4n) is 6.99. The number of amides is 2. The topological polar surface area (TPSA) is 116 Å². The third-order valence-corrected chi connectivity index (χ3v) is 10.3. The van der Waals surface area contributed by atoms with Crippen molar-refractivity contribution in [2.75, 3.05) is 0 Å². The van der Waals surface area contributed by atoms with Crippen molar-refractivity contribution in [2.24, 2.45) is 21.7 Å². The van der Waals surface area contributed by atoms with E-state index >= 15 is 0 Å². The average molecular weight is 634 g/mol. The number of nitrogens with one attached hydrogen (secondary N) is 2. The second-order valence-corrected chi connectivity index (χ2v) is 14.9. The molecule has 0 saturated heterocycles. The molecule has 2 N–H and O–H groups in total. The molecule has 0 radical (unpaired) electrons. The van der Waals surface area contributed by atoms with Gasteiger partial charge in [0.2, 0.25) is 0 Å². The van der Waals surface area contributed by atoms with Crippen molar-refractivity contribution in [2.45, 2.75) is 97.3 Å². The highest BCUT2D eigenvalue weighted by atomic mass is 35.5. The number of carbonyl (C=O) groups is 2. The van der Waals surface area contributed by atoms with Crippen LogP contribution in [0.1, 0.15) is 112 Å². The summed E-state index contributed by atoms with van der Waals surface area (Å²) >= 11 is 6.25. The summed E-state index contributed by atoms with van der Waals surface area (Å²) in [7, 11) is 0. The van der Waals surface area contributed by atoms with E-state index in [2.05, 4.69) is 53.6 Å². The van der Waals surface area contributed by atoms with E-state index in [9.17, 15) is 14.0 Å². The number of carbonyl (C=O) groups excluding carboxylic acids is 2. The van der Waals surface area contributed by atoms with Crippen LogP contribution in [0.25, 0.3) is 0 Å². The van der Waals surface area contributed by atoms with E-state index in [0.717, 1.165) is 44.1 Å². The molecular weight excluding hydrogens is 593 g/mol. The van der Waals surface area contributed by atoms with Crippen molar-refractivity contribution in [1.29, 1.82) is 0 Å². The molecule has 3 aliphatic rings. The zero-order valence-corrected chi connectivity index (χ0v) is 27.1. The Labute approximate surface area is 268 Å². The lowest BCUT2D eigenvalue weighted by Crippen LogP contribution is -2.51. The molecule has 2 heterocycles. The van der Waals surface area contributed by atoms with Gasteiger partial charge in [0.25, 0.3) is 11.8 Å². The lowest BCUT2D eigenvalue weighted by atomic mass is 9.69. The molecule has 2 amide bonds. The van der Waals surface area contributed by atoms with Gasteiger partial charge in [-0.2, -0.15) is 5.21 Å². The smallest absolute Gasteiger partial charge is 0.275 e. The number of aromatic amines is 1. The Morgan fingerprint density at radius 1 is 1.13 bits per heavy atom. The molecule has 1 aliphatic heterocycles. The van der Waals surface area contributed by atoms with Gasteiger partial charge >= 0.3 is 0 Å². The van der Waals surface area contributed by atoms with E-state index in [1.54, 1.807) is 18.2 Å². The maximum absolute atomic E-state index is 14.6. The van der Waals surface area contributed by atoms with Gasteiger partial charge in [0.1, 0.15) is 17.2 Å². The van der Waals surface area contributed by atoms with Gasteiger partial charge in [0, 0.05) is 16.1 Å². The zero-order valence-electron chi connectivity index (χ0n) is 26.4. The summed E-state index contributed by atoms with van der Waals surface area (Å²) in [6.07, 6.45) is 7.44. The largest absolute Gasteiger partial charge is 0.345 e. The van der Waals surface area contributed by atoms with Crippen LogP contribution in [0.5, 0.6) is 0 Å². The SMILES string of the molecule is CC1(CCC(c2ccc(C(=O)NCc3nn[nH]n3)cc2)N2C(=O)C(c3cc(F)cc(Cl)c3)=NC23CCC(C(C)(C)C)CC3)CC1. The van der Waals surface area contributed by atoms with Crippen molar-refractivity contribution in [3.63, 3.8) is 0 Å². The molecule has 9 nitrogen and oxygen atoms in total. The first-order valence-corrected chi connectivity index (χ1v) is 16.2. The van der Waals surface area contributed by atoms with Gasteiger partial charge in [-0.1, -0.05) is 56.6 Å². The summed E-state index contributed by atoms with van der Waals surface area (Å²) in [6.45, 7) is 9.28. The molecule has 1 unspecified atom stereocenters. The molecule has 3 aromatic rings. The molecule has 1 spiro atoms. The number of rotatable bonds is 9. The minimum Gasteiger partial charge on any atom is -0.345 e. The van der Waals surface area contributed by atoms with Crippen LogP contribution in [0.2, 0.25) is 5.02 Å². The number of aliphatic imine (C=N–C) groups is 1. The maximum atomic E-state index is 14.6. The van der Waals surface area contributed by atoms with E-state index in [0.29, 0.717) is 22.9 Å². The Hall–Kier alpha value is -3.66. The summed E-state index contributed by atoms with van der Waals surface area (Å²) in [5, 5.41) is 16.7. The summed E-state index contributed by atoms with van der Waals surface area (Å²) in [5.74, 6) is -0.0432. The fourth-order valence-corrected chi connectivity index (χ4v) is 7.21. The molecule has 2 saturated carbocycles. The molecule has 1 atom stereocenters. The Kier molecular flexibility index (Phi) is 8.31. The predicted molar refractivity (Wildman–Crippen MR) is 170 cm³/mol. The van der Waals surface area contributed by atoms with Crippen LogP contribution < -0.4 is 5.32 Å². The first kappa shape index (κ1) is 31.3. The minimum atomic E-state index is -0.733. The van der Waals surface area contributed by atoms with Gasteiger partial charge < -0.3 is 10.2 Å². The highest BCUT2D eigenvalue weighted by Crippen LogP contribution is 2.53. The lowest BCUT2D eigenvalue weighted by Gasteiger charge is -2.47. The van der Waals surface area contributed by atoms with Crippen molar-refractivity contribution >= 4 is 29.1 Å². The van der Waals surface area contributed by atoms with Crippen molar-refractivity contribution in [1.82, 2.24) is 30.8 Å². The summed E-state index contributed by atoms with van der Waals surface area (Å²) in [6, 6.07) is 11.4. The first-order chi connectivity index (χ1) is 21.4. The Bertz CT molecular complexity index is 1570. The van der Waals surface area contributed by atoms with Crippen LogP contribution in [0, 0.1) is 22.6 Å². The van der Waals surface area contributed by atoms with Crippen LogP contribution in [-0.2, 0) is 11.3 Å². The molecule has 0 bridgehead atoms. The van der Waals surface area contributed by atoms with E-state index in [-0.39, 0.29) is 46.0 Å². The molecule has 1 aromatic heterocycles. The Morgan fingerprint density at radius 3 is 2.44 bits per heavy atom. The third-order valence-electron chi connectivity index (χ3n) is 10.1. The van der Waals surface area contributed by atoms with Crippen LogP contribution >= 0.6 is 11.6 Å². The number of halogens is 2. The molecular formula is C34H41ClFN7O2. The average Bonchev–Trinajstić information content (AvgIpc) is 3.38. The predicted octanol–water partition coefficient (Wildman–Crippen LogP) is 6.81. The van der Waals surface area contributed by atoms with Gasteiger partial charge in [-0.3, -0.25) is 14.6 Å². The van der Waals surface area contributed by atoms with Gasteiger partial charge in [0.15, 0.2) is 5.82 Å². The first-order valence-electron chi connectivity index (χ1n) is 15.9. The zero-order chi connectivity index (χ0) is 32.0. The number of tetrazole rings is 1. The van der Waals surface area contributed by atoms with E-state index in [1.165, 1.54) is 25.0 Å². The van der Waals surface area contributed by atoms with Crippen molar-refractivity contribution < 1.29 is 14.0 Å². The highest BCUT2D eigenvalue weighted by molar-refractivity contribution is 6.47. The normalized spacial score (nSPS) is 23.2. The second kappa shape index (κ2) is 11.9. The Morgan fingerprint density at radius 2 is 1.84 bits per heavy atom. The van der Waals surface area contributed by atoms with Crippen LogP contribution in [0.3, 0.4) is 0 Å². The van der Waals surface area contributed by atoms with Crippen LogP contribution in [0.15, 0.2) is 47.5 Å². The van der Waals surface area contributed by atoms with Gasteiger partial charge in [-0.15, -0.1) is 10.2 Å². The Balaban J connectivity index is 1.34. The summed E-state index contributed by atoms with van der Waals surface area (Å²) in [4.78, 5) is 34.6. The molecule has 11 heteroatoms. The molecule has 6 rings (SSSR count). The fraction of sp³-hybridized carbons (Fsp3) is 0.529. The van der Waals surface area contributed by atoms with Crippen LogP contribution in [-0.4, -0.2) is 48.7 Å². The van der Waals surface area contributed by atoms with Crippen molar-refractivity contribution in [3.05, 3.63) is 75.8 Å². The van der Waals surface area contributed by atoms with Gasteiger partial charge in [-0.25, -0.2) is 4.39 Å². The maximum Gasteiger partial charge on any atom is 0.275 e.